The molecule has 3 rings (SSSR count). The summed E-state index contributed by atoms with van der Waals surface area (Å²) in [5.74, 6) is -0.00429. The number of rotatable bonds is 7. The number of amides is 2. The van der Waals surface area contributed by atoms with Gasteiger partial charge in [-0.05, 0) is 42.7 Å². The number of ether oxygens (including phenoxy) is 2. The van der Waals surface area contributed by atoms with E-state index in [0.717, 1.165) is 16.0 Å². The first-order valence-corrected chi connectivity index (χ1v) is 9.58. The lowest BCUT2D eigenvalue weighted by molar-refractivity contribution is -0.120. The van der Waals surface area contributed by atoms with Crippen LogP contribution in [-0.2, 0) is 9.59 Å². The summed E-state index contributed by atoms with van der Waals surface area (Å²) >= 11 is 0. The van der Waals surface area contributed by atoms with Gasteiger partial charge in [0.15, 0.2) is 0 Å². The second-order valence-electron chi connectivity index (χ2n) is 7.15. The van der Waals surface area contributed by atoms with Crippen LogP contribution in [0.1, 0.15) is 16.7 Å². The van der Waals surface area contributed by atoms with E-state index in [1.165, 1.54) is 14.2 Å². The zero-order valence-electron chi connectivity index (χ0n) is 17.9. The average molecular weight is 410 g/mol. The van der Waals surface area contributed by atoms with E-state index >= 15 is 0 Å². The van der Waals surface area contributed by atoms with Gasteiger partial charge in [0.25, 0.3) is 11.8 Å². The highest BCUT2D eigenvalue weighted by Crippen LogP contribution is 2.40. The van der Waals surface area contributed by atoms with Crippen LogP contribution < -0.4 is 14.4 Å². The summed E-state index contributed by atoms with van der Waals surface area (Å²) in [6.45, 7) is 4.02. The SMILES string of the molecule is COc1ccc(N2C(=O)C(c3ccc(C)c(C)c3)=C(N(C)CCO)C2=O)c(OC)c1. The van der Waals surface area contributed by atoms with Gasteiger partial charge in [0, 0.05) is 19.7 Å². The Morgan fingerprint density at radius 1 is 0.967 bits per heavy atom. The minimum Gasteiger partial charge on any atom is -0.497 e. The Morgan fingerprint density at radius 3 is 2.30 bits per heavy atom. The van der Waals surface area contributed by atoms with Gasteiger partial charge in [0.05, 0.1) is 32.1 Å². The Morgan fingerprint density at radius 2 is 1.70 bits per heavy atom. The monoisotopic (exact) mass is 410 g/mol. The Hall–Kier alpha value is -3.32. The van der Waals surface area contributed by atoms with Crippen molar-refractivity contribution in [3.05, 3.63) is 58.8 Å². The van der Waals surface area contributed by atoms with Gasteiger partial charge in [0.2, 0.25) is 0 Å². The molecular weight excluding hydrogens is 384 g/mol. The van der Waals surface area contributed by atoms with Crippen molar-refractivity contribution in [2.75, 3.05) is 39.3 Å². The highest BCUT2D eigenvalue weighted by Gasteiger charge is 2.42. The second-order valence-corrected chi connectivity index (χ2v) is 7.15. The first-order valence-electron chi connectivity index (χ1n) is 9.58. The van der Waals surface area contributed by atoms with Crippen LogP contribution in [0.3, 0.4) is 0 Å². The number of imide groups is 1. The molecule has 1 aliphatic heterocycles. The van der Waals surface area contributed by atoms with Gasteiger partial charge >= 0.3 is 0 Å². The minimum absolute atomic E-state index is 0.145. The van der Waals surface area contributed by atoms with E-state index in [2.05, 4.69) is 0 Å². The van der Waals surface area contributed by atoms with Crippen LogP contribution >= 0.6 is 0 Å². The predicted molar refractivity (Wildman–Crippen MR) is 115 cm³/mol. The first-order chi connectivity index (χ1) is 14.3. The predicted octanol–water partition coefficient (Wildman–Crippen LogP) is 2.53. The Labute approximate surface area is 176 Å². The first kappa shape index (κ1) is 21.4. The highest BCUT2D eigenvalue weighted by atomic mass is 16.5. The number of carbonyl (C=O) groups excluding carboxylic acids is 2. The van der Waals surface area contributed by atoms with Gasteiger partial charge in [0.1, 0.15) is 17.2 Å². The zero-order chi connectivity index (χ0) is 22.0. The lowest BCUT2D eigenvalue weighted by atomic mass is 9.99. The second kappa shape index (κ2) is 8.59. The van der Waals surface area contributed by atoms with E-state index in [9.17, 15) is 14.7 Å². The van der Waals surface area contributed by atoms with Gasteiger partial charge in [-0.2, -0.15) is 0 Å². The summed E-state index contributed by atoms with van der Waals surface area (Å²) in [6, 6.07) is 10.6. The number of anilines is 1. The van der Waals surface area contributed by atoms with E-state index in [1.807, 2.05) is 32.0 Å². The van der Waals surface area contributed by atoms with E-state index in [-0.39, 0.29) is 18.8 Å². The highest BCUT2D eigenvalue weighted by molar-refractivity contribution is 6.45. The molecule has 1 aliphatic rings. The fraction of sp³-hybridized carbons (Fsp3) is 0.304. The molecule has 0 aliphatic carbocycles. The van der Waals surface area contributed by atoms with Gasteiger partial charge in [-0.3, -0.25) is 9.59 Å². The van der Waals surface area contributed by atoms with Crippen LogP contribution in [0.2, 0.25) is 0 Å². The van der Waals surface area contributed by atoms with Gasteiger partial charge in [-0.15, -0.1) is 0 Å². The number of nitrogens with zero attached hydrogens (tertiary/aromatic N) is 2. The summed E-state index contributed by atoms with van der Waals surface area (Å²) < 4.78 is 10.6. The van der Waals surface area contributed by atoms with E-state index in [1.54, 1.807) is 30.1 Å². The van der Waals surface area contributed by atoms with Gasteiger partial charge < -0.3 is 19.5 Å². The van der Waals surface area contributed by atoms with E-state index in [0.29, 0.717) is 28.3 Å². The van der Waals surface area contributed by atoms with E-state index < -0.39 is 11.8 Å². The molecule has 158 valence electrons. The van der Waals surface area contributed by atoms with Gasteiger partial charge in [-0.1, -0.05) is 18.2 Å². The smallest absolute Gasteiger partial charge is 0.282 e. The molecule has 0 bridgehead atoms. The quantitative estimate of drug-likeness (QED) is 0.707. The fourth-order valence-corrected chi connectivity index (χ4v) is 3.48. The molecule has 0 atom stereocenters. The Balaban J connectivity index is 2.17. The van der Waals surface area contributed by atoms with Crippen LogP contribution in [0, 0.1) is 13.8 Å². The van der Waals surface area contributed by atoms with Gasteiger partial charge in [-0.25, -0.2) is 4.90 Å². The molecule has 0 spiro atoms. The van der Waals surface area contributed by atoms with Crippen LogP contribution in [0.4, 0.5) is 5.69 Å². The average Bonchev–Trinajstić information content (AvgIpc) is 2.99. The molecule has 7 heteroatoms. The molecule has 0 fully saturated rings. The van der Waals surface area contributed by atoms with Crippen LogP contribution in [0.25, 0.3) is 5.57 Å². The van der Waals surface area contributed by atoms with E-state index in [4.69, 9.17) is 9.47 Å². The number of hydrogen-bond donors (Lipinski definition) is 1. The van der Waals surface area contributed by atoms with Crippen molar-refractivity contribution in [2.45, 2.75) is 13.8 Å². The zero-order valence-corrected chi connectivity index (χ0v) is 17.9. The lowest BCUT2D eigenvalue weighted by Gasteiger charge is -2.21. The maximum Gasteiger partial charge on any atom is 0.282 e. The fourth-order valence-electron chi connectivity index (χ4n) is 3.48. The molecule has 0 saturated carbocycles. The molecule has 1 heterocycles. The number of aliphatic hydroxyl groups is 1. The minimum atomic E-state index is -0.465. The molecule has 30 heavy (non-hydrogen) atoms. The molecule has 2 amide bonds. The summed E-state index contributed by atoms with van der Waals surface area (Å²) in [4.78, 5) is 29.7. The number of aliphatic hydroxyl groups excluding tert-OH is 1. The summed E-state index contributed by atoms with van der Waals surface area (Å²) in [5.41, 5.74) is 3.65. The van der Waals surface area contributed by atoms with Crippen molar-refractivity contribution in [3.63, 3.8) is 0 Å². The molecule has 2 aromatic rings. The van der Waals surface area contributed by atoms with Crippen LogP contribution in [0.15, 0.2) is 42.1 Å². The van der Waals surface area contributed by atoms with Crippen molar-refractivity contribution in [1.82, 2.24) is 4.90 Å². The number of benzene rings is 2. The summed E-state index contributed by atoms with van der Waals surface area (Å²) in [6.07, 6.45) is 0. The number of hydrogen-bond acceptors (Lipinski definition) is 6. The molecule has 7 nitrogen and oxygen atoms in total. The molecule has 2 aromatic carbocycles. The Kier molecular flexibility index (Phi) is 6.12. The van der Waals surface area contributed by atoms with Crippen molar-refractivity contribution in [3.8, 4) is 11.5 Å². The summed E-state index contributed by atoms with van der Waals surface area (Å²) in [5, 5.41) is 9.40. The maximum atomic E-state index is 13.5. The Bertz CT molecular complexity index is 1030. The van der Waals surface area contributed by atoms with Crippen molar-refractivity contribution >= 4 is 23.1 Å². The number of carbonyl (C=O) groups is 2. The van der Waals surface area contributed by atoms with Crippen LogP contribution in [-0.4, -0.2) is 56.2 Å². The van der Waals surface area contributed by atoms with Crippen molar-refractivity contribution in [1.29, 1.82) is 0 Å². The van der Waals surface area contributed by atoms with Crippen LogP contribution in [0.5, 0.6) is 11.5 Å². The third-order valence-corrected chi connectivity index (χ3v) is 5.30. The third-order valence-electron chi connectivity index (χ3n) is 5.30. The lowest BCUT2D eigenvalue weighted by Crippen LogP contribution is -2.35. The largest absolute Gasteiger partial charge is 0.497 e. The maximum absolute atomic E-state index is 13.5. The standard InChI is InChI=1S/C23H26N2O5/c1-14-6-7-16(12-15(14)2)20-21(24(3)10-11-26)23(28)25(22(20)27)18-9-8-17(29-4)13-19(18)30-5/h6-9,12-13,26H,10-11H2,1-5H3. The normalized spacial score (nSPS) is 13.9. The number of methoxy groups -OCH3 is 2. The molecule has 0 unspecified atom stereocenters. The topological polar surface area (TPSA) is 79.3 Å². The number of aryl methyl sites for hydroxylation is 2. The summed E-state index contributed by atoms with van der Waals surface area (Å²) in [7, 11) is 4.69. The molecule has 0 radical (unpaired) electrons. The molecule has 0 aromatic heterocycles. The third kappa shape index (κ3) is 3.64. The molecular formula is C23H26N2O5. The molecule has 0 saturated heterocycles. The molecule has 1 N–H and O–H groups in total. The van der Waals surface area contributed by atoms with Crippen molar-refractivity contribution in [2.24, 2.45) is 0 Å². The number of likely N-dealkylation sites (N-methyl/N-ethyl adjacent to an activating group) is 1. The van der Waals surface area contributed by atoms with Crippen molar-refractivity contribution < 1.29 is 24.2 Å².